The third-order valence-corrected chi connectivity index (χ3v) is 3.38. The Morgan fingerprint density at radius 3 is 2.47 bits per heavy atom. The molecule has 0 N–H and O–H groups in total. The summed E-state index contributed by atoms with van der Waals surface area (Å²) in [5, 5.41) is 0. The van der Waals surface area contributed by atoms with Gasteiger partial charge in [0.15, 0.2) is 5.78 Å². The molecule has 0 saturated carbocycles. The van der Waals surface area contributed by atoms with Crippen LogP contribution >= 0.6 is 15.9 Å². The number of Topliss-reactive ketones (excluding diaryl/α,β-unsaturated/α-hetero) is 1. The summed E-state index contributed by atoms with van der Waals surface area (Å²) in [6.45, 7) is 3.54. The monoisotopic (exact) mass is 300 g/mol. The van der Waals surface area contributed by atoms with Crippen molar-refractivity contribution in [1.29, 1.82) is 0 Å². The van der Waals surface area contributed by atoms with Crippen LogP contribution in [-0.2, 0) is 16.0 Å². The summed E-state index contributed by atoms with van der Waals surface area (Å²) in [6.07, 6.45) is 0.351. The summed E-state index contributed by atoms with van der Waals surface area (Å²) in [4.78, 5) is 12.0. The number of ketones is 1. The fourth-order valence-corrected chi connectivity index (χ4v) is 1.92. The number of halogens is 1. The van der Waals surface area contributed by atoms with Gasteiger partial charge in [0.1, 0.15) is 11.4 Å². The van der Waals surface area contributed by atoms with Crippen molar-refractivity contribution < 1.29 is 14.3 Å². The number of hydrogen-bond donors (Lipinski definition) is 0. The summed E-state index contributed by atoms with van der Waals surface area (Å²) in [5.41, 5.74) is 0.194. The first-order valence-electron chi connectivity index (χ1n) is 5.31. The molecule has 17 heavy (non-hydrogen) atoms. The number of benzene rings is 1. The van der Waals surface area contributed by atoms with Crippen molar-refractivity contribution in [3.8, 4) is 5.75 Å². The Kier molecular flexibility index (Phi) is 4.71. The molecule has 0 amide bonds. The van der Waals surface area contributed by atoms with Crippen LogP contribution in [0, 0.1) is 0 Å². The van der Waals surface area contributed by atoms with E-state index in [0.29, 0.717) is 6.42 Å². The first-order chi connectivity index (χ1) is 7.90. The molecule has 0 heterocycles. The summed E-state index contributed by atoms with van der Waals surface area (Å²) in [7, 11) is 3.15. The van der Waals surface area contributed by atoms with Crippen LogP contribution in [0.15, 0.2) is 22.7 Å². The van der Waals surface area contributed by atoms with E-state index in [0.717, 1.165) is 15.8 Å². The van der Waals surface area contributed by atoms with E-state index in [-0.39, 0.29) is 5.78 Å². The molecule has 1 aromatic carbocycles. The Morgan fingerprint density at radius 1 is 1.35 bits per heavy atom. The zero-order valence-corrected chi connectivity index (χ0v) is 12.1. The highest BCUT2D eigenvalue weighted by Crippen LogP contribution is 2.26. The smallest absolute Gasteiger partial charge is 0.168 e. The summed E-state index contributed by atoms with van der Waals surface area (Å²) < 4.78 is 11.1. The number of carbonyl (C=O) groups excluding carboxylic acids is 1. The van der Waals surface area contributed by atoms with Gasteiger partial charge in [-0.25, -0.2) is 0 Å². The molecule has 3 nitrogen and oxygen atoms in total. The van der Waals surface area contributed by atoms with Crippen molar-refractivity contribution >= 4 is 21.7 Å². The van der Waals surface area contributed by atoms with Crippen LogP contribution in [0.25, 0.3) is 0 Å². The minimum absolute atomic E-state index is 0.0528. The Balaban J connectivity index is 2.83. The lowest BCUT2D eigenvalue weighted by Crippen LogP contribution is -2.35. The molecular weight excluding hydrogens is 284 g/mol. The molecule has 1 aromatic rings. The fraction of sp³-hybridized carbons (Fsp3) is 0.462. The summed E-state index contributed by atoms with van der Waals surface area (Å²) in [5.74, 6) is 0.810. The minimum Gasteiger partial charge on any atom is -0.496 e. The van der Waals surface area contributed by atoms with E-state index in [2.05, 4.69) is 15.9 Å². The van der Waals surface area contributed by atoms with Crippen molar-refractivity contribution in [3.05, 3.63) is 28.2 Å². The van der Waals surface area contributed by atoms with Gasteiger partial charge < -0.3 is 9.47 Å². The highest BCUT2D eigenvalue weighted by molar-refractivity contribution is 9.10. The number of carbonyl (C=O) groups is 1. The van der Waals surface area contributed by atoms with Gasteiger partial charge in [-0.15, -0.1) is 0 Å². The largest absolute Gasteiger partial charge is 0.496 e. The molecule has 0 saturated heterocycles. The first-order valence-corrected chi connectivity index (χ1v) is 6.11. The zero-order chi connectivity index (χ0) is 13.1. The highest BCUT2D eigenvalue weighted by atomic mass is 79.9. The van der Waals surface area contributed by atoms with Crippen LogP contribution in [0.1, 0.15) is 19.4 Å². The van der Waals surface area contributed by atoms with Crippen molar-refractivity contribution in [2.75, 3.05) is 14.2 Å². The van der Waals surface area contributed by atoms with Gasteiger partial charge in [0.05, 0.1) is 11.6 Å². The second kappa shape index (κ2) is 5.65. The number of hydrogen-bond acceptors (Lipinski definition) is 3. The molecule has 0 atom stereocenters. The molecule has 1 rings (SSSR count). The Labute approximate surface area is 110 Å². The molecule has 0 radical (unpaired) electrons. The lowest BCUT2D eigenvalue weighted by molar-refractivity contribution is -0.136. The van der Waals surface area contributed by atoms with E-state index >= 15 is 0 Å². The van der Waals surface area contributed by atoms with Crippen LogP contribution in [-0.4, -0.2) is 25.6 Å². The number of methoxy groups -OCH3 is 2. The average molecular weight is 301 g/mol. The highest BCUT2D eigenvalue weighted by Gasteiger charge is 2.26. The molecular formula is C13H17BrO3. The lowest BCUT2D eigenvalue weighted by Gasteiger charge is -2.21. The van der Waals surface area contributed by atoms with Crippen molar-refractivity contribution in [3.63, 3.8) is 0 Å². The molecule has 0 aliphatic heterocycles. The summed E-state index contributed by atoms with van der Waals surface area (Å²) >= 11 is 3.40. The van der Waals surface area contributed by atoms with E-state index < -0.39 is 5.60 Å². The Morgan fingerprint density at radius 2 is 2.00 bits per heavy atom. The molecule has 0 spiro atoms. The molecule has 0 fully saturated rings. The van der Waals surface area contributed by atoms with Crippen LogP contribution in [0.4, 0.5) is 0 Å². The van der Waals surface area contributed by atoms with Crippen LogP contribution in [0.5, 0.6) is 5.75 Å². The Bertz CT molecular complexity index is 413. The predicted octanol–water partition coefficient (Wildman–Crippen LogP) is 2.99. The molecule has 0 unspecified atom stereocenters. The van der Waals surface area contributed by atoms with E-state index in [1.54, 1.807) is 28.1 Å². The average Bonchev–Trinajstić information content (AvgIpc) is 2.29. The first kappa shape index (κ1) is 14.2. The van der Waals surface area contributed by atoms with Crippen molar-refractivity contribution in [2.45, 2.75) is 25.9 Å². The second-order valence-electron chi connectivity index (χ2n) is 4.28. The third-order valence-electron chi connectivity index (χ3n) is 2.76. The minimum atomic E-state index is -0.744. The number of rotatable bonds is 5. The molecule has 0 aliphatic rings. The van der Waals surface area contributed by atoms with Crippen molar-refractivity contribution in [2.24, 2.45) is 0 Å². The third kappa shape index (κ3) is 3.54. The van der Waals surface area contributed by atoms with Gasteiger partial charge in [0.25, 0.3) is 0 Å². The van der Waals surface area contributed by atoms with Crippen LogP contribution < -0.4 is 4.74 Å². The molecule has 4 heteroatoms. The van der Waals surface area contributed by atoms with Gasteiger partial charge in [-0.2, -0.15) is 0 Å². The van der Waals surface area contributed by atoms with E-state index in [9.17, 15) is 4.79 Å². The number of ether oxygens (including phenoxy) is 2. The maximum absolute atomic E-state index is 12.0. The Hall–Kier alpha value is -0.870. The standard InChI is InChI=1S/C13H17BrO3/c1-13(2,17-4)12(15)8-9-5-6-11(16-3)10(14)7-9/h5-7H,8H2,1-4H3. The second-order valence-corrected chi connectivity index (χ2v) is 5.14. The van der Waals surface area contributed by atoms with Gasteiger partial charge in [-0.3, -0.25) is 4.79 Å². The van der Waals surface area contributed by atoms with E-state index in [1.165, 1.54) is 0 Å². The van der Waals surface area contributed by atoms with Crippen LogP contribution in [0.2, 0.25) is 0 Å². The quantitative estimate of drug-likeness (QED) is 0.838. The molecule has 94 valence electrons. The van der Waals surface area contributed by atoms with Crippen molar-refractivity contribution in [1.82, 2.24) is 0 Å². The molecule has 0 aliphatic carbocycles. The fourth-order valence-electron chi connectivity index (χ4n) is 1.33. The van der Waals surface area contributed by atoms with Gasteiger partial charge in [0, 0.05) is 13.5 Å². The SMILES string of the molecule is COc1ccc(CC(=O)C(C)(C)OC)cc1Br. The lowest BCUT2D eigenvalue weighted by atomic mass is 9.97. The van der Waals surface area contributed by atoms with Gasteiger partial charge >= 0.3 is 0 Å². The zero-order valence-electron chi connectivity index (χ0n) is 10.5. The van der Waals surface area contributed by atoms with Gasteiger partial charge in [-0.1, -0.05) is 6.07 Å². The van der Waals surface area contributed by atoms with Crippen LogP contribution in [0.3, 0.4) is 0 Å². The summed E-state index contributed by atoms with van der Waals surface area (Å²) in [6, 6.07) is 5.61. The maximum Gasteiger partial charge on any atom is 0.168 e. The van der Waals surface area contributed by atoms with Gasteiger partial charge in [0.2, 0.25) is 0 Å². The predicted molar refractivity (Wildman–Crippen MR) is 70.5 cm³/mol. The molecule has 0 aromatic heterocycles. The van der Waals surface area contributed by atoms with E-state index in [1.807, 2.05) is 18.2 Å². The van der Waals surface area contributed by atoms with E-state index in [4.69, 9.17) is 9.47 Å². The topological polar surface area (TPSA) is 35.5 Å². The normalized spacial score (nSPS) is 11.4. The van der Waals surface area contributed by atoms with Gasteiger partial charge in [-0.05, 0) is 47.5 Å². The molecule has 0 bridgehead atoms. The maximum atomic E-state index is 12.0.